The molecule has 1 aromatic heterocycles. The third-order valence-corrected chi connectivity index (χ3v) is 3.92. The van der Waals surface area contributed by atoms with Crippen LogP contribution >= 0.6 is 0 Å². The number of nitrogens with one attached hydrogen (secondary N) is 1. The molecule has 0 amide bonds. The van der Waals surface area contributed by atoms with Crippen molar-refractivity contribution in [1.82, 2.24) is 15.5 Å². The summed E-state index contributed by atoms with van der Waals surface area (Å²) in [7, 11) is 0. The van der Waals surface area contributed by atoms with Crippen molar-refractivity contribution in [3.63, 3.8) is 0 Å². The summed E-state index contributed by atoms with van der Waals surface area (Å²) in [5.41, 5.74) is 1.18. The first-order valence-corrected chi connectivity index (χ1v) is 7.51. The van der Waals surface area contributed by atoms with Crippen molar-refractivity contribution in [3.05, 3.63) is 17.8 Å². The van der Waals surface area contributed by atoms with Gasteiger partial charge in [0.1, 0.15) is 0 Å². The molecule has 19 heavy (non-hydrogen) atoms. The lowest BCUT2D eigenvalue weighted by Crippen LogP contribution is -2.51. The van der Waals surface area contributed by atoms with Crippen LogP contribution in [-0.4, -0.2) is 35.4 Å². The molecule has 1 aliphatic heterocycles. The Balaban J connectivity index is 2.11. The first-order chi connectivity index (χ1) is 9.22. The predicted molar refractivity (Wildman–Crippen MR) is 79.5 cm³/mol. The van der Waals surface area contributed by atoms with Crippen molar-refractivity contribution in [1.29, 1.82) is 0 Å². The lowest BCUT2D eigenvalue weighted by Gasteiger charge is -2.40. The van der Waals surface area contributed by atoms with Gasteiger partial charge in [0.05, 0.1) is 6.20 Å². The quantitative estimate of drug-likeness (QED) is 0.885. The van der Waals surface area contributed by atoms with E-state index in [1.807, 2.05) is 6.20 Å². The minimum absolute atomic E-state index is 0.502. The zero-order valence-corrected chi connectivity index (χ0v) is 12.4. The van der Waals surface area contributed by atoms with Gasteiger partial charge in [0.2, 0.25) is 0 Å². The summed E-state index contributed by atoms with van der Waals surface area (Å²) in [6, 6.07) is 3.19. The van der Waals surface area contributed by atoms with E-state index in [9.17, 15) is 0 Å². The van der Waals surface area contributed by atoms with Crippen LogP contribution in [0.5, 0.6) is 0 Å². The predicted octanol–water partition coefficient (Wildman–Crippen LogP) is 2.53. The molecule has 106 valence electrons. The van der Waals surface area contributed by atoms with E-state index in [0.717, 1.165) is 18.9 Å². The molecule has 0 aromatic carbocycles. The van der Waals surface area contributed by atoms with Crippen LogP contribution in [0.2, 0.25) is 0 Å². The van der Waals surface area contributed by atoms with E-state index in [0.29, 0.717) is 12.1 Å². The van der Waals surface area contributed by atoms with E-state index in [1.54, 1.807) is 0 Å². The molecule has 0 spiro atoms. The molecular weight excluding hydrogens is 236 g/mol. The second kappa shape index (κ2) is 6.85. The fourth-order valence-corrected chi connectivity index (χ4v) is 2.86. The molecule has 4 nitrogen and oxygen atoms in total. The Morgan fingerprint density at radius 1 is 1.47 bits per heavy atom. The van der Waals surface area contributed by atoms with Crippen molar-refractivity contribution in [2.45, 2.75) is 58.5 Å². The van der Waals surface area contributed by atoms with Crippen molar-refractivity contribution in [2.24, 2.45) is 0 Å². The minimum atomic E-state index is 0.502. The number of piperidine rings is 1. The van der Waals surface area contributed by atoms with Gasteiger partial charge < -0.3 is 10.2 Å². The van der Waals surface area contributed by atoms with Gasteiger partial charge in [-0.15, -0.1) is 5.10 Å². The van der Waals surface area contributed by atoms with Crippen LogP contribution in [0.25, 0.3) is 0 Å². The Hall–Kier alpha value is -1.16. The van der Waals surface area contributed by atoms with Crippen LogP contribution in [0.15, 0.2) is 12.3 Å². The molecule has 2 heterocycles. The van der Waals surface area contributed by atoms with Gasteiger partial charge in [-0.05, 0) is 57.7 Å². The van der Waals surface area contributed by atoms with Crippen LogP contribution in [0.1, 0.15) is 45.1 Å². The molecule has 0 radical (unpaired) electrons. The number of aryl methyl sites for hydroxylation is 1. The molecule has 1 fully saturated rings. The minimum Gasteiger partial charge on any atom is -0.351 e. The Bertz CT molecular complexity index is 393. The zero-order valence-electron chi connectivity index (χ0n) is 12.4. The summed E-state index contributed by atoms with van der Waals surface area (Å²) in [5, 5.41) is 12.1. The number of hydrogen-bond donors (Lipinski definition) is 1. The van der Waals surface area contributed by atoms with Gasteiger partial charge in [-0.1, -0.05) is 6.92 Å². The third kappa shape index (κ3) is 3.66. The number of hydrogen-bond acceptors (Lipinski definition) is 4. The fraction of sp³-hybridized carbons (Fsp3) is 0.733. The Kier molecular flexibility index (Phi) is 5.14. The highest BCUT2D eigenvalue weighted by Gasteiger charge is 2.28. The van der Waals surface area contributed by atoms with Gasteiger partial charge in [-0.3, -0.25) is 0 Å². The average molecular weight is 262 g/mol. The molecule has 1 aromatic rings. The smallest absolute Gasteiger partial charge is 0.151 e. The molecule has 1 aliphatic rings. The summed E-state index contributed by atoms with van der Waals surface area (Å²) in [6.45, 7) is 8.77. The van der Waals surface area contributed by atoms with E-state index >= 15 is 0 Å². The van der Waals surface area contributed by atoms with E-state index in [2.05, 4.69) is 47.3 Å². The maximum Gasteiger partial charge on any atom is 0.151 e. The molecule has 0 aliphatic carbocycles. The van der Waals surface area contributed by atoms with Gasteiger partial charge in [0.15, 0.2) is 5.82 Å². The van der Waals surface area contributed by atoms with Gasteiger partial charge in [0.25, 0.3) is 0 Å². The van der Waals surface area contributed by atoms with Crippen molar-refractivity contribution < 1.29 is 0 Å². The van der Waals surface area contributed by atoms with Crippen molar-refractivity contribution in [2.75, 3.05) is 18.0 Å². The molecule has 1 N–H and O–H groups in total. The third-order valence-electron chi connectivity index (χ3n) is 3.92. The Labute approximate surface area is 116 Å². The second-order valence-electron chi connectivity index (χ2n) is 5.59. The zero-order chi connectivity index (χ0) is 13.7. The lowest BCUT2D eigenvalue weighted by molar-refractivity contribution is 0.365. The number of aromatic nitrogens is 2. The van der Waals surface area contributed by atoms with Crippen LogP contribution in [-0.2, 0) is 0 Å². The molecule has 1 saturated heterocycles. The summed E-state index contributed by atoms with van der Waals surface area (Å²) in [5.74, 6) is 1.04. The van der Waals surface area contributed by atoms with Crippen LogP contribution in [0, 0.1) is 6.92 Å². The Morgan fingerprint density at radius 3 is 3.05 bits per heavy atom. The van der Waals surface area contributed by atoms with E-state index in [1.165, 1.54) is 31.2 Å². The summed E-state index contributed by atoms with van der Waals surface area (Å²) in [6.07, 6.45) is 6.82. The summed E-state index contributed by atoms with van der Waals surface area (Å²) < 4.78 is 0. The number of nitrogens with zero attached hydrogens (tertiary/aromatic N) is 3. The molecule has 2 unspecified atom stereocenters. The molecule has 2 atom stereocenters. The average Bonchev–Trinajstić information content (AvgIpc) is 2.45. The highest BCUT2D eigenvalue weighted by atomic mass is 15.3. The Morgan fingerprint density at radius 2 is 2.32 bits per heavy atom. The molecule has 2 rings (SSSR count). The van der Waals surface area contributed by atoms with Gasteiger partial charge >= 0.3 is 0 Å². The maximum atomic E-state index is 4.32. The second-order valence-corrected chi connectivity index (χ2v) is 5.59. The van der Waals surface area contributed by atoms with E-state index < -0.39 is 0 Å². The lowest BCUT2D eigenvalue weighted by atomic mass is 9.96. The molecule has 0 bridgehead atoms. The SMILES string of the molecule is CCCNC(C)C1CCCCN1c1cc(C)cnn1. The largest absolute Gasteiger partial charge is 0.351 e. The molecular formula is C15H26N4. The van der Waals surface area contributed by atoms with Crippen LogP contribution < -0.4 is 10.2 Å². The topological polar surface area (TPSA) is 41.0 Å². The van der Waals surface area contributed by atoms with Crippen molar-refractivity contribution >= 4 is 5.82 Å². The normalized spacial score (nSPS) is 21.4. The summed E-state index contributed by atoms with van der Waals surface area (Å²) >= 11 is 0. The highest BCUT2D eigenvalue weighted by molar-refractivity contribution is 5.41. The number of rotatable bonds is 5. The van der Waals surface area contributed by atoms with Crippen LogP contribution in [0.3, 0.4) is 0 Å². The fourth-order valence-electron chi connectivity index (χ4n) is 2.86. The van der Waals surface area contributed by atoms with Crippen LogP contribution in [0.4, 0.5) is 5.82 Å². The van der Waals surface area contributed by atoms with Gasteiger partial charge in [-0.25, -0.2) is 0 Å². The first kappa shape index (κ1) is 14.3. The van der Waals surface area contributed by atoms with Gasteiger partial charge in [0, 0.05) is 18.6 Å². The highest BCUT2D eigenvalue weighted by Crippen LogP contribution is 2.25. The summed E-state index contributed by atoms with van der Waals surface area (Å²) in [4.78, 5) is 2.44. The van der Waals surface area contributed by atoms with Crippen molar-refractivity contribution in [3.8, 4) is 0 Å². The van der Waals surface area contributed by atoms with Gasteiger partial charge in [-0.2, -0.15) is 5.10 Å². The number of anilines is 1. The van der Waals surface area contributed by atoms with E-state index in [-0.39, 0.29) is 0 Å². The molecule has 4 heteroatoms. The first-order valence-electron chi connectivity index (χ1n) is 7.51. The standard InChI is InChI=1S/C15H26N4/c1-4-8-16-13(3)14-7-5-6-9-19(14)15-10-12(2)11-17-18-15/h10-11,13-14,16H,4-9H2,1-3H3. The maximum absolute atomic E-state index is 4.32. The molecule has 0 saturated carbocycles. The van der Waals surface area contributed by atoms with E-state index in [4.69, 9.17) is 0 Å². The monoisotopic (exact) mass is 262 g/mol.